The molecular weight excluding hydrogens is 441 g/mol. The molecule has 11 heteroatoms. The molecular formula is C22H24BN5O4S. The summed E-state index contributed by atoms with van der Waals surface area (Å²) in [7, 11) is 0. The molecule has 9 nitrogen and oxygen atoms in total. The predicted octanol–water partition coefficient (Wildman–Crippen LogP) is 3.37. The number of hydrogen-bond acceptors (Lipinski definition) is 9. The van der Waals surface area contributed by atoms with Crippen molar-refractivity contribution in [3.63, 3.8) is 0 Å². The van der Waals surface area contributed by atoms with Gasteiger partial charge in [-0.1, -0.05) is 6.58 Å². The fourth-order valence-corrected chi connectivity index (χ4v) is 3.32. The van der Waals surface area contributed by atoms with Crippen LogP contribution in [0.3, 0.4) is 0 Å². The summed E-state index contributed by atoms with van der Waals surface area (Å²) in [6.07, 6.45) is 9.01. The Hall–Kier alpha value is -3.41. The van der Waals surface area contributed by atoms with Crippen molar-refractivity contribution in [2.75, 3.05) is 6.61 Å². The van der Waals surface area contributed by atoms with E-state index in [1.165, 1.54) is 17.4 Å². The number of aliphatic hydroxyl groups excluding tert-OH is 2. The summed E-state index contributed by atoms with van der Waals surface area (Å²) >= 11 is 1.27. The first-order valence-corrected chi connectivity index (χ1v) is 10.9. The van der Waals surface area contributed by atoms with Crippen LogP contribution in [0, 0.1) is 6.92 Å². The number of ether oxygens (including phenoxy) is 2. The number of rotatable bonds is 9. The van der Waals surface area contributed by atoms with E-state index in [-0.39, 0.29) is 0 Å². The third-order valence-corrected chi connectivity index (χ3v) is 5.07. The SMILES string of the molecule is C=C/C=C\C(Oc1cnc(/N=c2/[nH]c(C(O)CO)bs2)c(Oc2ccnnc2C)c1)=C(C)C. The van der Waals surface area contributed by atoms with Gasteiger partial charge in [0, 0.05) is 0 Å². The van der Waals surface area contributed by atoms with Crippen molar-refractivity contribution < 1.29 is 19.7 Å². The molecule has 0 bridgehead atoms. The summed E-state index contributed by atoms with van der Waals surface area (Å²) in [6, 6.07) is 3.38. The average Bonchev–Trinajstić information content (AvgIpc) is 3.27. The quantitative estimate of drug-likeness (QED) is 0.327. The van der Waals surface area contributed by atoms with Gasteiger partial charge in [-0.25, -0.2) is 0 Å². The van der Waals surface area contributed by atoms with Gasteiger partial charge in [-0.2, -0.15) is 0 Å². The van der Waals surface area contributed by atoms with Crippen molar-refractivity contribution in [2.24, 2.45) is 4.99 Å². The molecule has 1 atom stereocenters. The molecule has 0 saturated carbocycles. The van der Waals surface area contributed by atoms with Crippen molar-refractivity contribution in [1.82, 2.24) is 20.2 Å². The number of aromatic amines is 1. The number of pyridine rings is 1. The number of allylic oxidation sites excluding steroid dienone is 4. The molecule has 0 saturated heterocycles. The standard InChI is InChI=1S/C22H24BN5O4S/c1-5-6-7-17(13(2)3)31-15-10-19(32-18-8-9-25-28-14(18)4)21(24-11-15)27-22-26-20(23-33-22)16(30)12-29/h5-11,16,29-30H,1,12H2,2-4H3,(H,24,26,27)/b7-6-. The number of H-pyrrole nitrogens is 1. The molecule has 0 radical (unpaired) electrons. The third kappa shape index (κ3) is 6.54. The first-order chi connectivity index (χ1) is 15.9. The molecule has 33 heavy (non-hydrogen) atoms. The maximum atomic E-state index is 9.81. The van der Waals surface area contributed by atoms with Gasteiger partial charge >= 0.3 is 189 Å². The van der Waals surface area contributed by atoms with Gasteiger partial charge in [0.05, 0.1) is 0 Å². The van der Waals surface area contributed by atoms with Crippen molar-refractivity contribution in [3.8, 4) is 17.2 Å². The second-order valence-electron chi connectivity index (χ2n) is 7.07. The van der Waals surface area contributed by atoms with E-state index in [9.17, 15) is 5.11 Å². The molecule has 3 aromatic heterocycles. The molecule has 3 N–H and O–H groups in total. The van der Waals surface area contributed by atoms with Crippen LogP contribution in [0.15, 0.2) is 65.7 Å². The fraction of sp³-hybridized carbons (Fsp3) is 0.227. The van der Waals surface area contributed by atoms with E-state index in [1.807, 2.05) is 19.9 Å². The Morgan fingerprint density at radius 2 is 2.21 bits per heavy atom. The van der Waals surface area contributed by atoms with Gasteiger partial charge in [-0.05, 0) is 0 Å². The van der Waals surface area contributed by atoms with Gasteiger partial charge in [-0.15, -0.1) is 0 Å². The normalized spacial score (nSPS) is 12.5. The minimum atomic E-state index is -1.01. The van der Waals surface area contributed by atoms with Crippen LogP contribution in [0.4, 0.5) is 5.82 Å². The minimum absolute atomic E-state index is 0.294. The van der Waals surface area contributed by atoms with Crippen LogP contribution in [0.1, 0.15) is 31.2 Å². The van der Waals surface area contributed by atoms with Gasteiger partial charge in [0.2, 0.25) is 0 Å². The number of nitrogens with zero attached hydrogens (tertiary/aromatic N) is 4. The Kier molecular flexibility index (Phi) is 8.42. The van der Waals surface area contributed by atoms with Crippen LogP contribution >= 0.6 is 11.2 Å². The number of nitrogens with one attached hydrogen (secondary N) is 1. The number of hydrogen-bond donors (Lipinski definition) is 3. The van der Waals surface area contributed by atoms with E-state index in [4.69, 9.17) is 14.6 Å². The van der Waals surface area contributed by atoms with Crippen LogP contribution < -0.4 is 14.3 Å². The van der Waals surface area contributed by atoms with Crippen LogP contribution in [0.25, 0.3) is 0 Å². The molecule has 0 aliphatic carbocycles. The van der Waals surface area contributed by atoms with Gasteiger partial charge < -0.3 is 0 Å². The van der Waals surface area contributed by atoms with E-state index in [2.05, 4.69) is 31.7 Å². The second kappa shape index (κ2) is 11.5. The number of aliphatic hydroxyl groups is 2. The Balaban J connectivity index is 2.03. The van der Waals surface area contributed by atoms with Crippen LogP contribution in [-0.2, 0) is 0 Å². The molecule has 170 valence electrons. The molecule has 3 heterocycles. The summed E-state index contributed by atoms with van der Waals surface area (Å²) < 4.78 is 12.1. The summed E-state index contributed by atoms with van der Waals surface area (Å²) in [5.74, 6) is 2.25. The Bertz CT molecular complexity index is 1250. The maximum absolute atomic E-state index is 9.81. The topological polar surface area (TPSA) is 126 Å². The molecule has 0 amide bonds. The zero-order chi connectivity index (χ0) is 23.8. The van der Waals surface area contributed by atoms with Crippen molar-refractivity contribution in [2.45, 2.75) is 26.9 Å². The van der Waals surface area contributed by atoms with E-state index in [0.717, 1.165) is 5.57 Å². The molecule has 3 rings (SSSR count). The van der Waals surface area contributed by atoms with E-state index in [0.29, 0.717) is 44.9 Å². The van der Waals surface area contributed by atoms with Crippen LogP contribution in [-0.4, -0.2) is 43.2 Å². The van der Waals surface area contributed by atoms with Gasteiger partial charge in [0.1, 0.15) is 0 Å². The van der Waals surface area contributed by atoms with Gasteiger partial charge in [-0.3, -0.25) is 0 Å². The zero-order valence-electron chi connectivity index (χ0n) is 18.5. The summed E-state index contributed by atoms with van der Waals surface area (Å²) in [5.41, 5.74) is 2.03. The van der Waals surface area contributed by atoms with Crippen molar-refractivity contribution in [1.29, 1.82) is 0 Å². The van der Waals surface area contributed by atoms with E-state index >= 15 is 0 Å². The molecule has 0 fully saturated rings. The first-order valence-electron chi connectivity index (χ1n) is 10.0. The molecule has 0 aliphatic heterocycles. The first kappa shape index (κ1) is 24.2. The third-order valence-electron chi connectivity index (χ3n) is 4.28. The molecule has 3 aromatic rings. The molecule has 0 aliphatic rings. The van der Waals surface area contributed by atoms with Gasteiger partial charge in [0.15, 0.2) is 0 Å². The summed E-state index contributed by atoms with van der Waals surface area (Å²) in [4.78, 5) is 12.4. The Morgan fingerprint density at radius 3 is 2.91 bits per heavy atom. The predicted molar refractivity (Wildman–Crippen MR) is 127 cm³/mol. The van der Waals surface area contributed by atoms with Crippen molar-refractivity contribution in [3.05, 3.63) is 76.8 Å². The van der Waals surface area contributed by atoms with E-state index in [1.54, 1.807) is 43.6 Å². The van der Waals surface area contributed by atoms with E-state index < -0.39 is 12.7 Å². The van der Waals surface area contributed by atoms with Crippen molar-refractivity contribution >= 4 is 23.2 Å². The second-order valence-corrected chi connectivity index (χ2v) is 7.93. The molecule has 1 unspecified atom stereocenters. The molecule has 0 aromatic carbocycles. The zero-order valence-corrected chi connectivity index (χ0v) is 19.3. The van der Waals surface area contributed by atoms with Gasteiger partial charge in [0.25, 0.3) is 0 Å². The summed E-state index contributed by atoms with van der Waals surface area (Å²) in [5, 5.41) is 26.8. The fourth-order valence-electron chi connectivity index (χ4n) is 2.55. The number of aryl methyl sites for hydroxylation is 1. The summed E-state index contributed by atoms with van der Waals surface area (Å²) in [6.45, 7) is 8.95. The monoisotopic (exact) mass is 465 g/mol. The van der Waals surface area contributed by atoms with Crippen LogP contribution in [0.5, 0.6) is 17.2 Å². The average molecular weight is 465 g/mol. The Morgan fingerprint density at radius 1 is 1.39 bits per heavy atom. The Labute approximate surface area is 195 Å². The molecule has 0 spiro atoms. The van der Waals surface area contributed by atoms with Crippen LogP contribution in [0.2, 0.25) is 0 Å². The number of aromatic nitrogens is 4.